The molecule has 0 aliphatic heterocycles. The fourth-order valence-electron chi connectivity index (χ4n) is 0.833. The number of aliphatic hydroxyl groups is 1. The summed E-state index contributed by atoms with van der Waals surface area (Å²) in [5.74, 6) is 0. The van der Waals surface area contributed by atoms with E-state index in [1.165, 1.54) is 0 Å². The first kappa shape index (κ1) is 9.36. The fraction of sp³-hybridized carbons (Fsp3) is 0.333. The molecule has 2 nitrogen and oxygen atoms in total. The molecule has 2 N–H and O–H groups in total. The Balaban J connectivity index is 2.48. The van der Waals surface area contributed by atoms with Crippen molar-refractivity contribution >= 4 is 17.3 Å². The average Bonchev–Trinajstić information content (AvgIpc) is 2.03. The zero-order valence-corrected chi connectivity index (χ0v) is 7.67. The zero-order chi connectivity index (χ0) is 8.97. The average molecular weight is 186 g/mol. The number of anilines is 1. The summed E-state index contributed by atoms with van der Waals surface area (Å²) in [5, 5.41) is 12.8. The van der Waals surface area contributed by atoms with E-state index >= 15 is 0 Å². The highest BCUT2D eigenvalue weighted by Crippen LogP contribution is 2.12. The van der Waals surface area contributed by atoms with Gasteiger partial charge in [0.25, 0.3) is 0 Å². The van der Waals surface area contributed by atoms with Gasteiger partial charge in [-0.15, -0.1) is 0 Å². The summed E-state index contributed by atoms with van der Waals surface area (Å²) >= 11 is 5.70. The summed E-state index contributed by atoms with van der Waals surface area (Å²) < 4.78 is 0. The van der Waals surface area contributed by atoms with Gasteiger partial charge >= 0.3 is 0 Å². The maximum atomic E-state index is 8.98. The second kappa shape index (κ2) is 4.33. The monoisotopic (exact) mass is 185 g/mol. The largest absolute Gasteiger partial charge is 0.392 e. The fourth-order valence-corrected chi connectivity index (χ4v) is 0.959. The van der Waals surface area contributed by atoms with Crippen molar-refractivity contribution in [3.8, 4) is 0 Å². The van der Waals surface area contributed by atoms with Gasteiger partial charge in [0.2, 0.25) is 0 Å². The predicted octanol–water partition coefficient (Wildman–Crippen LogP) is 2.13. The van der Waals surface area contributed by atoms with E-state index in [1.54, 1.807) is 6.92 Å². The van der Waals surface area contributed by atoms with Crippen molar-refractivity contribution in [3.63, 3.8) is 0 Å². The molecule has 3 heteroatoms. The van der Waals surface area contributed by atoms with Crippen LogP contribution in [0.3, 0.4) is 0 Å². The van der Waals surface area contributed by atoms with Crippen LogP contribution in [0.15, 0.2) is 24.3 Å². The Morgan fingerprint density at radius 1 is 1.42 bits per heavy atom. The Morgan fingerprint density at radius 2 is 2.00 bits per heavy atom. The molecule has 0 aliphatic carbocycles. The molecule has 0 heterocycles. The van der Waals surface area contributed by atoms with Crippen LogP contribution in [0.2, 0.25) is 5.02 Å². The van der Waals surface area contributed by atoms with E-state index in [2.05, 4.69) is 5.32 Å². The van der Waals surface area contributed by atoms with Crippen molar-refractivity contribution in [3.05, 3.63) is 29.3 Å². The molecule has 0 spiro atoms. The molecule has 1 aromatic rings. The van der Waals surface area contributed by atoms with Gasteiger partial charge in [-0.25, -0.2) is 0 Å². The molecule has 0 saturated carbocycles. The van der Waals surface area contributed by atoms with Crippen molar-refractivity contribution < 1.29 is 5.11 Å². The van der Waals surface area contributed by atoms with Gasteiger partial charge in [-0.05, 0) is 31.2 Å². The molecule has 0 bridgehead atoms. The molecule has 66 valence electrons. The molecule has 0 saturated heterocycles. The van der Waals surface area contributed by atoms with Crippen molar-refractivity contribution in [2.24, 2.45) is 0 Å². The summed E-state index contributed by atoms with van der Waals surface area (Å²) in [7, 11) is 0. The molecule has 1 rings (SSSR count). The van der Waals surface area contributed by atoms with Gasteiger partial charge in [-0.3, -0.25) is 0 Å². The molecule has 0 aliphatic rings. The van der Waals surface area contributed by atoms with Crippen LogP contribution in [0, 0.1) is 0 Å². The molecule has 1 atom stereocenters. The van der Waals surface area contributed by atoms with Gasteiger partial charge in [0, 0.05) is 17.3 Å². The van der Waals surface area contributed by atoms with Crippen molar-refractivity contribution in [2.45, 2.75) is 13.0 Å². The smallest absolute Gasteiger partial charge is 0.0684 e. The van der Waals surface area contributed by atoms with Gasteiger partial charge in [0.15, 0.2) is 0 Å². The van der Waals surface area contributed by atoms with Gasteiger partial charge in [0.05, 0.1) is 6.10 Å². The Labute approximate surface area is 77.2 Å². The highest BCUT2D eigenvalue weighted by atomic mass is 35.5. The summed E-state index contributed by atoms with van der Waals surface area (Å²) in [5.41, 5.74) is 0.973. The molecule has 0 radical (unpaired) electrons. The lowest BCUT2D eigenvalue weighted by molar-refractivity contribution is 0.208. The number of aliphatic hydroxyl groups excluding tert-OH is 1. The van der Waals surface area contributed by atoms with Crippen LogP contribution in [-0.2, 0) is 0 Å². The maximum Gasteiger partial charge on any atom is 0.0684 e. The minimum Gasteiger partial charge on any atom is -0.392 e. The standard InChI is InChI=1S/C9H12ClNO/c1-7(12)6-11-9-4-2-8(10)3-5-9/h2-5,7,11-12H,6H2,1H3/t7-/m1/s1. The topological polar surface area (TPSA) is 32.3 Å². The van der Waals surface area contributed by atoms with Crippen LogP contribution in [0.1, 0.15) is 6.92 Å². The van der Waals surface area contributed by atoms with Crippen LogP contribution < -0.4 is 5.32 Å². The Hall–Kier alpha value is -0.730. The van der Waals surface area contributed by atoms with Crippen molar-refractivity contribution in [1.29, 1.82) is 0 Å². The van der Waals surface area contributed by atoms with E-state index in [4.69, 9.17) is 16.7 Å². The molecule has 12 heavy (non-hydrogen) atoms. The summed E-state index contributed by atoms with van der Waals surface area (Å²) in [6.07, 6.45) is -0.333. The van der Waals surface area contributed by atoms with Gasteiger partial charge < -0.3 is 10.4 Å². The van der Waals surface area contributed by atoms with E-state index < -0.39 is 0 Å². The number of benzene rings is 1. The SMILES string of the molecule is C[C@@H](O)CNc1ccc(Cl)cc1. The first-order valence-electron chi connectivity index (χ1n) is 3.86. The third-order valence-corrected chi connectivity index (χ3v) is 1.70. The maximum absolute atomic E-state index is 8.98. The number of rotatable bonds is 3. The number of halogens is 1. The van der Waals surface area contributed by atoms with E-state index in [0.29, 0.717) is 6.54 Å². The summed E-state index contributed by atoms with van der Waals surface area (Å²) in [6, 6.07) is 7.38. The number of nitrogens with one attached hydrogen (secondary N) is 1. The lowest BCUT2D eigenvalue weighted by Gasteiger charge is -2.07. The van der Waals surface area contributed by atoms with Crippen LogP contribution in [0.25, 0.3) is 0 Å². The molecular formula is C9H12ClNO. The van der Waals surface area contributed by atoms with Crippen LogP contribution in [0.4, 0.5) is 5.69 Å². The molecule has 0 amide bonds. The Morgan fingerprint density at radius 3 is 2.50 bits per heavy atom. The number of hydrogen-bond acceptors (Lipinski definition) is 2. The Kier molecular flexibility index (Phi) is 3.38. The minimum atomic E-state index is -0.333. The van der Waals surface area contributed by atoms with Crippen LogP contribution in [0.5, 0.6) is 0 Å². The van der Waals surface area contributed by atoms with E-state index in [-0.39, 0.29) is 6.10 Å². The molecule has 0 aromatic heterocycles. The molecule has 0 unspecified atom stereocenters. The first-order chi connectivity index (χ1) is 5.68. The predicted molar refractivity (Wildman–Crippen MR) is 51.6 cm³/mol. The third-order valence-electron chi connectivity index (χ3n) is 1.45. The normalized spacial score (nSPS) is 12.6. The lowest BCUT2D eigenvalue weighted by atomic mass is 10.3. The van der Waals surface area contributed by atoms with Gasteiger partial charge in [0.1, 0.15) is 0 Å². The summed E-state index contributed by atoms with van der Waals surface area (Å²) in [6.45, 7) is 2.30. The quantitative estimate of drug-likeness (QED) is 0.756. The zero-order valence-electron chi connectivity index (χ0n) is 6.92. The van der Waals surface area contributed by atoms with E-state index in [1.807, 2.05) is 24.3 Å². The second-order valence-electron chi connectivity index (χ2n) is 2.74. The molecular weight excluding hydrogens is 174 g/mol. The molecule has 1 aromatic carbocycles. The lowest BCUT2D eigenvalue weighted by Crippen LogP contribution is -2.15. The molecule has 0 fully saturated rings. The Bertz CT molecular complexity index is 233. The first-order valence-corrected chi connectivity index (χ1v) is 4.24. The third kappa shape index (κ3) is 3.11. The van der Waals surface area contributed by atoms with Gasteiger partial charge in [-0.1, -0.05) is 11.6 Å². The van der Waals surface area contributed by atoms with E-state index in [9.17, 15) is 0 Å². The van der Waals surface area contributed by atoms with Crippen LogP contribution >= 0.6 is 11.6 Å². The van der Waals surface area contributed by atoms with Gasteiger partial charge in [-0.2, -0.15) is 0 Å². The highest BCUT2D eigenvalue weighted by Gasteiger charge is 1.95. The highest BCUT2D eigenvalue weighted by molar-refractivity contribution is 6.30. The van der Waals surface area contributed by atoms with Crippen LogP contribution in [-0.4, -0.2) is 17.8 Å². The van der Waals surface area contributed by atoms with Crippen molar-refractivity contribution in [2.75, 3.05) is 11.9 Å². The van der Waals surface area contributed by atoms with E-state index in [0.717, 1.165) is 10.7 Å². The minimum absolute atomic E-state index is 0.333. The number of hydrogen-bond donors (Lipinski definition) is 2. The second-order valence-corrected chi connectivity index (χ2v) is 3.17. The summed E-state index contributed by atoms with van der Waals surface area (Å²) in [4.78, 5) is 0. The van der Waals surface area contributed by atoms with Crippen molar-refractivity contribution in [1.82, 2.24) is 0 Å².